The zero-order valence-electron chi connectivity index (χ0n) is 15.7. The van der Waals surface area contributed by atoms with E-state index in [1.54, 1.807) is 20.8 Å². The molecule has 0 aliphatic rings. The van der Waals surface area contributed by atoms with Gasteiger partial charge in [0.2, 0.25) is 11.6 Å². The van der Waals surface area contributed by atoms with Crippen LogP contribution in [0.1, 0.15) is 44.6 Å². The minimum absolute atomic E-state index is 0.0814. The average molecular weight is 367 g/mol. The van der Waals surface area contributed by atoms with Crippen LogP contribution in [0, 0.1) is 20.8 Å². The highest BCUT2D eigenvalue weighted by Crippen LogP contribution is 2.20. The van der Waals surface area contributed by atoms with Crippen molar-refractivity contribution in [3.05, 3.63) is 52.3 Å². The second kappa shape index (κ2) is 7.53. The van der Waals surface area contributed by atoms with E-state index in [0.29, 0.717) is 28.3 Å². The summed E-state index contributed by atoms with van der Waals surface area (Å²) in [5.41, 5.74) is 3.87. The lowest BCUT2D eigenvalue weighted by Gasteiger charge is -2.02. The summed E-state index contributed by atoms with van der Waals surface area (Å²) in [6.07, 6.45) is 0. The van der Waals surface area contributed by atoms with Crippen LogP contribution in [0.5, 0.6) is 0 Å². The van der Waals surface area contributed by atoms with E-state index in [2.05, 4.69) is 20.4 Å². The van der Waals surface area contributed by atoms with Gasteiger partial charge in [-0.1, -0.05) is 29.8 Å². The second-order valence-electron chi connectivity index (χ2n) is 6.28. The van der Waals surface area contributed by atoms with Gasteiger partial charge < -0.3 is 9.72 Å². The molecule has 0 radical (unpaired) electrons. The number of carbonyl (C=O) groups excluding carboxylic acids is 2. The SMILES string of the molecule is CCOC(=O)c1c(C)[nH]c(C(=O)Cn2nnc(-c3ccc(C)cc3)n2)c1C. The lowest BCUT2D eigenvalue weighted by atomic mass is 10.1. The highest BCUT2D eigenvalue weighted by atomic mass is 16.5. The van der Waals surface area contributed by atoms with Gasteiger partial charge >= 0.3 is 5.97 Å². The Morgan fingerprint density at radius 3 is 2.52 bits per heavy atom. The Labute approximate surface area is 156 Å². The van der Waals surface area contributed by atoms with Gasteiger partial charge in [-0.25, -0.2) is 4.79 Å². The number of hydrogen-bond donors (Lipinski definition) is 1. The molecule has 140 valence electrons. The van der Waals surface area contributed by atoms with Gasteiger partial charge in [-0.2, -0.15) is 4.80 Å². The number of aromatic nitrogens is 5. The van der Waals surface area contributed by atoms with Gasteiger partial charge in [0.25, 0.3) is 0 Å². The van der Waals surface area contributed by atoms with Crippen LogP contribution in [0.15, 0.2) is 24.3 Å². The maximum absolute atomic E-state index is 12.7. The molecule has 0 bridgehead atoms. The van der Waals surface area contributed by atoms with Gasteiger partial charge in [0.05, 0.1) is 17.9 Å². The average Bonchev–Trinajstić information content (AvgIpc) is 3.20. The van der Waals surface area contributed by atoms with Crippen molar-refractivity contribution in [3.63, 3.8) is 0 Å². The number of nitrogens with one attached hydrogen (secondary N) is 1. The van der Waals surface area contributed by atoms with Gasteiger partial charge in [-0.05, 0) is 38.5 Å². The van der Waals surface area contributed by atoms with E-state index in [1.165, 1.54) is 4.80 Å². The number of ether oxygens (including phenoxy) is 1. The van der Waals surface area contributed by atoms with Crippen molar-refractivity contribution in [2.24, 2.45) is 0 Å². The number of Topliss-reactive ketones (excluding diaryl/α,β-unsaturated/α-hetero) is 1. The third-order valence-electron chi connectivity index (χ3n) is 4.24. The van der Waals surface area contributed by atoms with Gasteiger partial charge in [-0.15, -0.1) is 10.2 Å². The number of rotatable bonds is 6. The molecule has 0 unspecified atom stereocenters. The van der Waals surface area contributed by atoms with Crippen molar-refractivity contribution in [2.45, 2.75) is 34.2 Å². The molecule has 1 aromatic carbocycles. The van der Waals surface area contributed by atoms with Crippen molar-refractivity contribution in [3.8, 4) is 11.4 Å². The number of hydrogen-bond acceptors (Lipinski definition) is 6. The van der Waals surface area contributed by atoms with Crippen LogP contribution in [0.3, 0.4) is 0 Å². The molecule has 0 aliphatic heterocycles. The van der Waals surface area contributed by atoms with Crippen LogP contribution in [0.25, 0.3) is 11.4 Å². The minimum atomic E-state index is -0.441. The summed E-state index contributed by atoms with van der Waals surface area (Å²) >= 11 is 0. The van der Waals surface area contributed by atoms with E-state index in [4.69, 9.17) is 4.74 Å². The molecule has 0 fully saturated rings. The zero-order valence-corrected chi connectivity index (χ0v) is 15.7. The monoisotopic (exact) mass is 367 g/mol. The fourth-order valence-corrected chi connectivity index (χ4v) is 2.87. The number of benzene rings is 1. The quantitative estimate of drug-likeness (QED) is 0.531. The molecule has 0 spiro atoms. The molecule has 2 aromatic heterocycles. The predicted molar refractivity (Wildman–Crippen MR) is 98.5 cm³/mol. The summed E-state index contributed by atoms with van der Waals surface area (Å²) < 4.78 is 5.05. The maximum atomic E-state index is 12.7. The Balaban J connectivity index is 1.79. The van der Waals surface area contributed by atoms with E-state index >= 15 is 0 Å². The summed E-state index contributed by atoms with van der Waals surface area (Å²) in [7, 11) is 0. The molecule has 3 rings (SSSR count). The molecule has 1 N–H and O–H groups in total. The molecule has 3 aromatic rings. The van der Waals surface area contributed by atoms with Crippen molar-refractivity contribution in [1.29, 1.82) is 0 Å². The van der Waals surface area contributed by atoms with Crippen LogP contribution >= 0.6 is 0 Å². The largest absolute Gasteiger partial charge is 0.462 e. The first kappa shape index (κ1) is 18.5. The Morgan fingerprint density at radius 2 is 1.85 bits per heavy atom. The Morgan fingerprint density at radius 1 is 1.15 bits per heavy atom. The number of H-pyrrole nitrogens is 1. The van der Waals surface area contributed by atoms with Crippen LogP contribution in [-0.4, -0.2) is 43.6 Å². The first-order valence-corrected chi connectivity index (χ1v) is 8.65. The second-order valence-corrected chi connectivity index (χ2v) is 6.28. The predicted octanol–water partition coefficient (Wildman–Crippen LogP) is 2.65. The van der Waals surface area contributed by atoms with Crippen LogP contribution in [-0.2, 0) is 11.3 Å². The lowest BCUT2D eigenvalue weighted by Crippen LogP contribution is -2.15. The molecule has 0 atom stereocenters. The molecule has 27 heavy (non-hydrogen) atoms. The topological polar surface area (TPSA) is 103 Å². The first-order chi connectivity index (χ1) is 12.9. The van der Waals surface area contributed by atoms with Crippen molar-refractivity contribution >= 4 is 11.8 Å². The van der Waals surface area contributed by atoms with E-state index in [-0.39, 0.29) is 18.9 Å². The Hall–Kier alpha value is -3.29. The molecule has 8 heteroatoms. The summed E-state index contributed by atoms with van der Waals surface area (Å²) in [6.45, 7) is 7.38. The number of ketones is 1. The number of carbonyl (C=O) groups is 2. The number of aryl methyl sites for hydroxylation is 2. The Kier molecular flexibility index (Phi) is 5.16. The van der Waals surface area contributed by atoms with Gasteiger partial charge in [0.15, 0.2) is 0 Å². The third kappa shape index (κ3) is 3.79. The van der Waals surface area contributed by atoms with Crippen LogP contribution in [0.2, 0.25) is 0 Å². The van der Waals surface area contributed by atoms with E-state index in [1.807, 2.05) is 31.2 Å². The normalized spacial score (nSPS) is 10.8. The van der Waals surface area contributed by atoms with Gasteiger partial charge in [0.1, 0.15) is 6.54 Å². The van der Waals surface area contributed by atoms with E-state index in [0.717, 1.165) is 11.1 Å². The summed E-state index contributed by atoms with van der Waals surface area (Å²) in [6, 6.07) is 7.73. The van der Waals surface area contributed by atoms with Crippen LogP contribution < -0.4 is 0 Å². The Bertz CT molecular complexity index is 985. The van der Waals surface area contributed by atoms with E-state index < -0.39 is 5.97 Å². The van der Waals surface area contributed by atoms with Gasteiger partial charge in [0, 0.05) is 11.3 Å². The fraction of sp³-hybridized carbons (Fsp3) is 0.316. The fourth-order valence-electron chi connectivity index (χ4n) is 2.87. The highest BCUT2D eigenvalue weighted by molar-refractivity contribution is 6.01. The number of tetrazole rings is 1. The number of aromatic amines is 1. The molecular formula is C19H21N5O3. The van der Waals surface area contributed by atoms with Gasteiger partial charge in [-0.3, -0.25) is 4.79 Å². The summed E-state index contributed by atoms with van der Waals surface area (Å²) in [5.74, 6) is -0.225. The molecule has 0 aliphatic carbocycles. The minimum Gasteiger partial charge on any atom is -0.462 e. The molecule has 0 amide bonds. The molecule has 0 saturated heterocycles. The third-order valence-corrected chi connectivity index (χ3v) is 4.24. The maximum Gasteiger partial charge on any atom is 0.340 e. The molecule has 8 nitrogen and oxygen atoms in total. The zero-order chi connectivity index (χ0) is 19.6. The number of nitrogens with zero attached hydrogens (tertiary/aromatic N) is 4. The van der Waals surface area contributed by atoms with Crippen molar-refractivity contribution in [2.75, 3.05) is 6.61 Å². The lowest BCUT2D eigenvalue weighted by molar-refractivity contribution is 0.0525. The smallest absolute Gasteiger partial charge is 0.340 e. The van der Waals surface area contributed by atoms with E-state index in [9.17, 15) is 9.59 Å². The highest BCUT2D eigenvalue weighted by Gasteiger charge is 2.23. The molecular weight excluding hydrogens is 346 g/mol. The summed E-state index contributed by atoms with van der Waals surface area (Å²) in [5, 5.41) is 12.2. The van der Waals surface area contributed by atoms with Crippen molar-refractivity contribution in [1.82, 2.24) is 25.2 Å². The standard InChI is InChI=1S/C19H21N5O3/c1-5-27-19(26)16-12(3)17(20-13(16)4)15(25)10-24-22-18(21-23-24)14-8-6-11(2)7-9-14/h6-9,20H,5,10H2,1-4H3. The molecule has 0 saturated carbocycles. The summed E-state index contributed by atoms with van der Waals surface area (Å²) in [4.78, 5) is 29.0. The number of esters is 1. The van der Waals surface area contributed by atoms with Crippen LogP contribution in [0.4, 0.5) is 0 Å². The molecule has 2 heterocycles. The van der Waals surface area contributed by atoms with Crippen molar-refractivity contribution < 1.29 is 14.3 Å². The first-order valence-electron chi connectivity index (χ1n) is 8.65.